The Labute approximate surface area is 151 Å². The summed E-state index contributed by atoms with van der Waals surface area (Å²) in [6.45, 7) is 2.51. The van der Waals surface area contributed by atoms with E-state index in [0.29, 0.717) is 30.1 Å². The number of methoxy groups -OCH3 is 1. The highest BCUT2D eigenvalue weighted by Crippen LogP contribution is 2.23. The first kappa shape index (κ1) is 17.7. The van der Waals surface area contributed by atoms with Gasteiger partial charge in [0.15, 0.2) is 0 Å². The fraction of sp³-hybridized carbons (Fsp3) is 0.263. The molecule has 26 heavy (non-hydrogen) atoms. The minimum atomic E-state index is -0.384. The lowest BCUT2D eigenvalue weighted by Crippen LogP contribution is -2.37. The lowest BCUT2D eigenvalue weighted by molar-refractivity contribution is -0.116. The molecule has 2 aromatic carbocycles. The number of benzene rings is 2. The highest BCUT2D eigenvalue weighted by atomic mass is 19.1. The fourth-order valence-corrected chi connectivity index (χ4v) is 2.78. The quantitative estimate of drug-likeness (QED) is 0.895. The Kier molecular flexibility index (Phi) is 5.06. The van der Waals surface area contributed by atoms with E-state index in [4.69, 9.17) is 4.74 Å². The van der Waals surface area contributed by atoms with Gasteiger partial charge in [0.05, 0.1) is 7.11 Å². The van der Waals surface area contributed by atoms with E-state index in [9.17, 15) is 14.0 Å². The number of nitrogens with zero attached hydrogens (tertiary/aromatic N) is 2. The van der Waals surface area contributed by atoms with Crippen molar-refractivity contribution in [3.8, 4) is 5.75 Å². The van der Waals surface area contributed by atoms with E-state index in [1.807, 2.05) is 0 Å². The summed E-state index contributed by atoms with van der Waals surface area (Å²) in [5, 5.41) is 2.62. The molecule has 1 heterocycles. The van der Waals surface area contributed by atoms with E-state index in [1.54, 1.807) is 55.3 Å². The van der Waals surface area contributed by atoms with Crippen LogP contribution in [0.15, 0.2) is 42.5 Å². The zero-order chi connectivity index (χ0) is 18.7. The first-order chi connectivity index (χ1) is 12.5. The zero-order valence-corrected chi connectivity index (χ0v) is 14.7. The Morgan fingerprint density at radius 3 is 2.58 bits per heavy atom. The molecule has 3 amide bonds. The fourth-order valence-electron chi connectivity index (χ4n) is 2.78. The predicted octanol–water partition coefficient (Wildman–Crippen LogP) is 3.02. The molecule has 3 rings (SSSR count). The molecule has 0 unspecified atom stereocenters. The number of aryl methyl sites for hydroxylation is 1. The van der Waals surface area contributed by atoms with Crippen molar-refractivity contribution in [1.29, 1.82) is 0 Å². The lowest BCUT2D eigenvalue weighted by atomic mass is 10.2. The molecule has 1 fully saturated rings. The molecular weight excluding hydrogens is 337 g/mol. The molecule has 1 saturated heterocycles. The molecule has 0 saturated carbocycles. The van der Waals surface area contributed by atoms with Crippen LogP contribution in [0.1, 0.15) is 5.56 Å². The summed E-state index contributed by atoms with van der Waals surface area (Å²) in [6, 6.07) is 11.4. The second-order valence-electron chi connectivity index (χ2n) is 6.07. The predicted molar refractivity (Wildman–Crippen MR) is 97.1 cm³/mol. The summed E-state index contributed by atoms with van der Waals surface area (Å²) in [5.74, 6) is -0.0362. The molecular formula is C19H20FN3O3. The number of hydrogen-bond donors (Lipinski definition) is 1. The number of urea groups is 1. The number of ether oxygens (including phenoxy) is 1. The standard InChI is InChI=1S/C19H20FN3O3/c1-13-3-4-14(11-17(13)20)21-18(24)12-22-9-10-23(19(22)25)15-5-7-16(26-2)8-6-15/h3-8,11H,9-10,12H2,1-2H3,(H,21,24). The molecule has 2 aromatic rings. The van der Waals surface area contributed by atoms with E-state index in [2.05, 4.69) is 5.32 Å². The molecule has 136 valence electrons. The maximum atomic E-state index is 13.6. The third-order valence-electron chi connectivity index (χ3n) is 4.27. The van der Waals surface area contributed by atoms with Gasteiger partial charge >= 0.3 is 6.03 Å². The van der Waals surface area contributed by atoms with E-state index >= 15 is 0 Å². The van der Waals surface area contributed by atoms with Gasteiger partial charge in [-0.3, -0.25) is 9.69 Å². The Balaban J connectivity index is 1.60. The minimum Gasteiger partial charge on any atom is -0.497 e. The summed E-state index contributed by atoms with van der Waals surface area (Å²) < 4.78 is 18.7. The third-order valence-corrected chi connectivity index (χ3v) is 4.27. The van der Waals surface area contributed by atoms with Crippen molar-refractivity contribution in [2.45, 2.75) is 6.92 Å². The maximum Gasteiger partial charge on any atom is 0.325 e. The first-order valence-electron chi connectivity index (χ1n) is 8.24. The van der Waals surface area contributed by atoms with Gasteiger partial charge in [-0.25, -0.2) is 9.18 Å². The average Bonchev–Trinajstić information content (AvgIpc) is 2.99. The zero-order valence-electron chi connectivity index (χ0n) is 14.7. The average molecular weight is 357 g/mol. The number of carbonyl (C=O) groups is 2. The largest absolute Gasteiger partial charge is 0.497 e. The molecule has 1 aliphatic rings. The first-order valence-corrected chi connectivity index (χ1v) is 8.24. The van der Waals surface area contributed by atoms with Crippen LogP contribution >= 0.6 is 0 Å². The Morgan fingerprint density at radius 1 is 1.19 bits per heavy atom. The lowest BCUT2D eigenvalue weighted by Gasteiger charge is -2.18. The summed E-state index contributed by atoms with van der Waals surface area (Å²) in [7, 11) is 1.58. The van der Waals surface area contributed by atoms with E-state index in [1.165, 1.54) is 11.0 Å². The highest BCUT2D eigenvalue weighted by molar-refractivity contribution is 5.99. The van der Waals surface area contributed by atoms with Gasteiger partial charge in [-0.15, -0.1) is 0 Å². The van der Waals surface area contributed by atoms with Crippen LogP contribution in [-0.2, 0) is 4.79 Å². The smallest absolute Gasteiger partial charge is 0.325 e. The van der Waals surface area contributed by atoms with Gasteiger partial charge in [-0.1, -0.05) is 6.07 Å². The summed E-state index contributed by atoms with van der Waals surface area (Å²) >= 11 is 0. The molecule has 0 spiro atoms. The minimum absolute atomic E-state index is 0.0824. The monoisotopic (exact) mass is 357 g/mol. The number of carbonyl (C=O) groups excluding carboxylic acids is 2. The number of anilines is 2. The van der Waals surface area contributed by atoms with Crippen LogP contribution in [0.25, 0.3) is 0 Å². The van der Waals surface area contributed by atoms with Crippen molar-refractivity contribution in [3.63, 3.8) is 0 Å². The van der Waals surface area contributed by atoms with Gasteiger partial charge in [0, 0.05) is 24.5 Å². The normalized spacial score (nSPS) is 13.9. The summed E-state index contributed by atoms with van der Waals surface area (Å²) in [6.07, 6.45) is 0. The maximum absolute atomic E-state index is 13.6. The number of rotatable bonds is 5. The van der Waals surface area contributed by atoms with Crippen LogP contribution in [-0.4, -0.2) is 43.6 Å². The topological polar surface area (TPSA) is 61.9 Å². The third kappa shape index (κ3) is 3.77. The van der Waals surface area contributed by atoms with Crippen LogP contribution in [0.3, 0.4) is 0 Å². The second kappa shape index (κ2) is 7.43. The molecule has 0 aromatic heterocycles. The van der Waals surface area contributed by atoms with Crippen LogP contribution in [0.5, 0.6) is 5.75 Å². The van der Waals surface area contributed by atoms with Crippen LogP contribution < -0.4 is 15.0 Å². The molecule has 1 aliphatic heterocycles. The van der Waals surface area contributed by atoms with E-state index < -0.39 is 0 Å². The number of halogens is 1. The number of amides is 3. The van der Waals surface area contributed by atoms with Crippen LogP contribution in [0.4, 0.5) is 20.6 Å². The van der Waals surface area contributed by atoms with Gasteiger partial charge < -0.3 is 15.0 Å². The molecule has 0 aliphatic carbocycles. The number of hydrogen-bond acceptors (Lipinski definition) is 3. The van der Waals surface area contributed by atoms with Crippen molar-refractivity contribution in [2.24, 2.45) is 0 Å². The number of nitrogens with one attached hydrogen (secondary N) is 1. The molecule has 0 bridgehead atoms. The SMILES string of the molecule is COc1ccc(N2CCN(CC(=O)Nc3ccc(C)c(F)c3)C2=O)cc1. The summed E-state index contributed by atoms with van der Waals surface area (Å²) in [4.78, 5) is 27.8. The molecule has 7 heteroatoms. The Hall–Kier alpha value is -3.09. The van der Waals surface area contributed by atoms with Crippen molar-refractivity contribution in [1.82, 2.24) is 4.90 Å². The van der Waals surface area contributed by atoms with Gasteiger partial charge in [-0.05, 0) is 48.9 Å². The van der Waals surface area contributed by atoms with Gasteiger partial charge in [0.25, 0.3) is 0 Å². The Morgan fingerprint density at radius 2 is 1.92 bits per heavy atom. The molecule has 1 N–H and O–H groups in total. The van der Waals surface area contributed by atoms with Gasteiger partial charge in [0.2, 0.25) is 5.91 Å². The van der Waals surface area contributed by atoms with Gasteiger partial charge in [0.1, 0.15) is 18.1 Å². The van der Waals surface area contributed by atoms with Crippen molar-refractivity contribution >= 4 is 23.3 Å². The highest BCUT2D eigenvalue weighted by Gasteiger charge is 2.30. The van der Waals surface area contributed by atoms with E-state index in [0.717, 1.165) is 5.69 Å². The molecule has 0 atom stereocenters. The Bertz CT molecular complexity index is 823. The molecule has 0 radical (unpaired) electrons. The van der Waals surface area contributed by atoms with Crippen molar-refractivity contribution < 1.29 is 18.7 Å². The van der Waals surface area contributed by atoms with Crippen molar-refractivity contribution in [2.75, 3.05) is 37.0 Å². The van der Waals surface area contributed by atoms with Crippen LogP contribution in [0.2, 0.25) is 0 Å². The van der Waals surface area contributed by atoms with Gasteiger partial charge in [-0.2, -0.15) is 0 Å². The second-order valence-corrected chi connectivity index (χ2v) is 6.07. The van der Waals surface area contributed by atoms with Crippen LogP contribution in [0, 0.1) is 12.7 Å². The van der Waals surface area contributed by atoms with E-state index in [-0.39, 0.29) is 24.3 Å². The molecule has 6 nitrogen and oxygen atoms in total. The summed E-state index contributed by atoms with van der Waals surface area (Å²) in [5.41, 5.74) is 1.63. The van der Waals surface area contributed by atoms with Crippen molar-refractivity contribution in [3.05, 3.63) is 53.8 Å².